The SMILES string of the molecule is CC(=O)C=C(C)O.Fc1c[c-]c(-c2ccccn2)c(F)c1.Fc1c[c-]c(-c2ccccn2)c(F)c1.Fc1c[c-]c(-c2ccccn2)c(F)c1.O=C(O)c1ccccn1.O=C(O)c1ccccn1.[C-]#[N+]c1c(F)c[c-]c(-c2ccccn2)c1F.[C-]#[N+]c1c(F)c[c-]c(-c2ccccn2)c1F.[Ir].[Ir].[Ir].[Ir].[Ir]. The molecule has 5 radical (unpaired) electrons. The van der Waals surface area contributed by atoms with Gasteiger partial charge in [-0.25, -0.2) is 19.6 Å². The summed E-state index contributed by atoms with van der Waals surface area (Å²) in [4.78, 5) is 62.7. The number of aromatic carboxylic acids is 2. The Morgan fingerprint density at radius 3 is 0.769 bits per heavy atom. The van der Waals surface area contributed by atoms with E-state index < -0.39 is 81.5 Å². The summed E-state index contributed by atoms with van der Waals surface area (Å²) < 4.78 is 131. The van der Waals surface area contributed by atoms with Gasteiger partial charge in [0.05, 0.1) is 18.9 Å². The summed E-state index contributed by atoms with van der Waals surface area (Å²) in [6.45, 7) is 16.2. The fourth-order valence-corrected chi connectivity index (χ4v) is 7.31. The number of aliphatic hydroxyl groups is 1. The molecule has 0 aliphatic carbocycles. The number of hydrogen-bond acceptors (Lipinski definition) is 11. The van der Waals surface area contributed by atoms with Gasteiger partial charge >= 0.3 is 11.9 Å². The third-order valence-electron chi connectivity index (χ3n) is 11.6. The Bertz CT molecular complexity index is 4370. The molecule has 30 heteroatoms. The van der Waals surface area contributed by atoms with Crippen molar-refractivity contribution in [2.45, 2.75) is 13.8 Å². The zero-order valence-electron chi connectivity index (χ0n) is 52.9. The fraction of sp³-hybridized carbons (Fsp3) is 0.0270. The molecular formula is C74H46F10Ir5N9O6-5. The first-order valence-corrected chi connectivity index (χ1v) is 27.9. The Morgan fingerprint density at radius 2 is 0.596 bits per heavy atom. The second-order valence-electron chi connectivity index (χ2n) is 18.7. The normalized spacial score (nSPS) is 9.42. The molecule has 0 aliphatic rings. The number of benzene rings is 5. The van der Waals surface area contributed by atoms with Crippen molar-refractivity contribution in [2.75, 3.05) is 0 Å². The van der Waals surface area contributed by atoms with Crippen molar-refractivity contribution in [1.29, 1.82) is 0 Å². The molecule has 0 fully saturated rings. The van der Waals surface area contributed by atoms with Crippen LogP contribution in [0, 0.1) is 102 Å². The molecule has 543 valence electrons. The minimum absolute atomic E-state index is 0. The molecule has 5 aromatic carbocycles. The van der Waals surface area contributed by atoms with Gasteiger partial charge in [-0.3, -0.25) is 58.4 Å². The molecule has 0 aliphatic heterocycles. The van der Waals surface area contributed by atoms with E-state index in [0.29, 0.717) is 28.5 Å². The average molecular weight is 2310 g/mol. The monoisotopic (exact) mass is 2310 g/mol. The number of halogens is 10. The number of carbonyl (C=O) groups excluding carboxylic acids is 1. The number of allylic oxidation sites excluding steroid dienone is 2. The molecule has 104 heavy (non-hydrogen) atoms. The van der Waals surface area contributed by atoms with E-state index in [4.69, 9.17) is 28.5 Å². The quantitative estimate of drug-likeness (QED) is 0.0560. The second kappa shape index (κ2) is 50.2. The van der Waals surface area contributed by atoms with Crippen LogP contribution in [0.25, 0.3) is 66.0 Å². The molecule has 0 unspecified atom stereocenters. The van der Waals surface area contributed by atoms with Crippen LogP contribution in [0.4, 0.5) is 55.3 Å². The van der Waals surface area contributed by atoms with Crippen molar-refractivity contribution in [3.63, 3.8) is 0 Å². The number of aliphatic hydroxyl groups excluding tert-OH is 1. The Morgan fingerprint density at radius 1 is 0.356 bits per heavy atom. The van der Waals surface area contributed by atoms with E-state index in [1.54, 1.807) is 134 Å². The number of hydrogen-bond donors (Lipinski definition) is 3. The van der Waals surface area contributed by atoms with Crippen LogP contribution >= 0.6 is 0 Å². The van der Waals surface area contributed by atoms with Crippen molar-refractivity contribution < 1.29 is 174 Å². The van der Waals surface area contributed by atoms with Crippen LogP contribution < -0.4 is 0 Å². The first-order valence-electron chi connectivity index (χ1n) is 27.9. The predicted octanol–water partition coefficient (Wildman–Crippen LogP) is 17.8. The van der Waals surface area contributed by atoms with Gasteiger partial charge in [0, 0.05) is 208 Å². The van der Waals surface area contributed by atoms with Crippen LogP contribution in [0.3, 0.4) is 0 Å². The second-order valence-corrected chi connectivity index (χ2v) is 18.7. The summed E-state index contributed by atoms with van der Waals surface area (Å²) in [7, 11) is 0. The zero-order chi connectivity index (χ0) is 72.2. The molecule has 3 N–H and O–H groups in total. The maximum Gasteiger partial charge on any atom is 0.354 e. The van der Waals surface area contributed by atoms with Crippen molar-refractivity contribution in [2.24, 2.45) is 0 Å². The van der Waals surface area contributed by atoms with E-state index in [0.717, 1.165) is 48.5 Å². The summed E-state index contributed by atoms with van der Waals surface area (Å²) in [5.74, 6) is -9.57. The Kier molecular flexibility index (Phi) is 45.3. The number of pyridine rings is 7. The topological polar surface area (TPSA) is 211 Å². The number of rotatable bonds is 8. The minimum atomic E-state index is -0.990. The molecule has 0 atom stereocenters. The molecule has 0 saturated heterocycles. The Balaban J connectivity index is 0.00000117. The van der Waals surface area contributed by atoms with Crippen LogP contribution in [0.1, 0.15) is 34.8 Å². The smallest absolute Gasteiger partial charge is 0.354 e. The molecule has 7 aromatic heterocycles. The van der Waals surface area contributed by atoms with Crippen molar-refractivity contribution >= 4 is 29.1 Å². The number of carboxylic acid groups (broad SMARTS) is 2. The van der Waals surface area contributed by atoms with Gasteiger partial charge in [0.15, 0.2) is 17.2 Å². The van der Waals surface area contributed by atoms with Gasteiger partial charge in [0.25, 0.3) is 0 Å². The fourth-order valence-electron chi connectivity index (χ4n) is 7.31. The standard InChI is InChI=1S/2C12H5F2N2.3C11H6F2N.2C6H5NO2.C5H8O2.5Ir/c2*1-15-12-9(13)6-5-8(11(12)14)10-4-2-3-7-16-10;3*12-8-4-5-9(10(13)7-8)11-3-1-2-6-14-11;2*8-6(9)5-3-1-2-4-7-5;1-4(6)3-5(2)7;;;;;/h2*2-4,6-7H;3*1-4,6-7H;2*1-4H,(H,8,9);3,6H,1-2H3;;;;;/q5*-1;;;;;;;;. The van der Waals surface area contributed by atoms with E-state index in [1.807, 2.05) is 0 Å². The van der Waals surface area contributed by atoms with Gasteiger partial charge < -0.3 is 40.2 Å². The van der Waals surface area contributed by atoms with E-state index in [1.165, 1.54) is 56.8 Å². The van der Waals surface area contributed by atoms with Gasteiger partial charge in [-0.1, -0.05) is 108 Å². The minimum Gasteiger partial charge on any atom is -0.512 e. The molecule has 0 amide bonds. The maximum absolute atomic E-state index is 13.7. The molecule has 12 aromatic rings. The first kappa shape index (κ1) is 93.8. The maximum atomic E-state index is 13.7. The van der Waals surface area contributed by atoms with Crippen LogP contribution in [-0.4, -0.2) is 67.9 Å². The van der Waals surface area contributed by atoms with Gasteiger partial charge in [-0.15, -0.1) is 71.8 Å². The zero-order valence-corrected chi connectivity index (χ0v) is 64.9. The molecule has 15 nitrogen and oxygen atoms in total. The van der Waals surface area contributed by atoms with Crippen molar-refractivity contribution in [3.8, 4) is 56.3 Å². The predicted molar refractivity (Wildman–Crippen MR) is 344 cm³/mol. The summed E-state index contributed by atoms with van der Waals surface area (Å²) in [6.07, 6.45) is 11.7. The average Bonchev–Trinajstić information content (AvgIpc) is 0.849. The van der Waals surface area contributed by atoms with Crippen LogP contribution in [0.15, 0.2) is 231 Å². The molecule has 0 bridgehead atoms. The number of nitrogens with zero attached hydrogens (tertiary/aromatic N) is 9. The van der Waals surface area contributed by atoms with Crippen LogP contribution in [-0.2, 0) is 105 Å². The number of aromatic nitrogens is 7. The molecule has 12 rings (SSSR count). The van der Waals surface area contributed by atoms with Gasteiger partial charge in [0.1, 0.15) is 11.4 Å². The number of carboxylic acids is 2. The van der Waals surface area contributed by atoms with E-state index in [-0.39, 0.29) is 151 Å². The number of carbonyl (C=O) groups is 3. The Labute approximate surface area is 656 Å². The molecule has 7 heterocycles. The van der Waals surface area contributed by atoms with Gasteiger partial charge in [0.2, 0.25) is 0 Å². The van der Waals surface area contributed by atoms with Crippen LogP contribution in [0.5, 0.6) is 0 Å². The first-order chi connectivity index (χ1) is 47.5. The van der Waals surface area contributed by atoms with Crippen molar-refractivity contribution in [3.05, 3.63) is 354 Å². The largest absolute Gasteiger partial charge is 0.512 e. The van der Waals surface area contributed by atoms with E-state index >= 15 is 0 Å². The summed E-state index contributed by atoms with van der Waals surface area (Å²) in [5.41, 5.74) is 1.48. The Hall–Kier alpha value is -10.2. The molecular weight excluding hydrogens is 2260 g/mol. The van der Waals surface area contributed by atoms with Crippen molar-refractivity contribution in [1.82, 2.24) is 34.9 Å². The van der Waals surface area contributed by atoms with E-state index in [9.17, 15) is 58.3 Å². The summed E-state index contributed by atoms with van der Waals surface area (Å²) in [5, 5.41) is 25.0. The molecule has 0 spiro atoms. The molecule has 0 saturated carbocycles. The van der Waals surface area contributed by atoms with Gasteiger partial charge in [-0.05, 0) is 96.9 Å². The summed E-state index contributed by atoms with van der Waals surface area (Å²) >= 11 is 0. The third-order valence-corrected chi connectivity index (χ3v) is 11.6. The number of ketones is 1. The van der Waals surface area contributed by atoms with Crippen LogP contribution in [0.2, 0.25) is 0 Å². The van der Waals surface area contributed by atoms with Gasteiger partial charge in [-0.2, -0.15) is 0 Å². The van der Waals surface area contributed by atoms with E-state index in [2.05, 4.69) is 74.9 Å². The third kappa shape index (κ3) is 31.6. The summed E-state index contributed by atoms with van der Waals surface area (Å²) in [6, 6.07) is 54.7.